The molecule has 0 aliphatic heterocycles. The first-order valence-corrected chi connectivity index (χ1v) is 7.74. The molecule has 0 unspecified atom stereocenters. The fourth-order valence-electron chi connectivity index (χ4n) is 2.01. The average molecular weight is 301 g/mol. The highest BCUT2D eigenvalue weighted by molar-refractivity contribution is 7.99. The maximum absolute atomic E-state index is 11.0. The molecule has 0 saturated heterocycles. The Morgan fingerprint density at radius 3 is 2.48 bits per heavy atom. The minimum atomic E-state index is -0.438. The zero-order chi connectivity index (χ0) is 15.2. The van der Waals surface area contributed by atoms with E-state index in [-0.39, 0.29) is 5.91 Å². The van der Waals surface area contributed by atoms with Crippen LogP contribution in [0.5, 0.6) is 0 Å². The van der Waals surface area contributed by atoms with Crippen molar-refractivity contribution in [2.75, 3.05) is 5.32 Å². The number of amides is 1. The van der Waals surface area contributed by atoms with Gasteiger partial charge in [-0.25, -0.2) is 0 Å². The number of aliphatic hydroxyl groups excluding tert-OH is 1. The lowest BCUT2D eigenvalue weighted by Gasteiger charge is -2.13. The van der Waals surface area contributed by atoms with E-state index < -0.39 is 6.10 Å². The highest BCUT2D eigenvalue weighted by Gasteiger charge is 2.11. The number of anilines is 1. The standard InChI is InChI=1S/C17H19NO2S/c1-3-16(20)15-6-4-5-7-17(15)21-14-10-8-13(9-11-14)18-12(2)19/h4-11,16,20H,3H2,1-2H3,(H,18,19)/t16-/m1/s1. The maximum Gasteiger partial charge on any atom is 0.221 e. The van der Waals surface area contributed by atoms with Crippen LogP contribution in [-0.2, 0) is 4.79 Å². The van der Waals surface area contributed by atoms with E-state index in [9.17, 15) is 9.90 Å². The average Bonchev–Trinajstić information content (AvgIpc) is 2.48. The topological polar surface area (TPSA) is 49.3 Å². The molecule has 0 heterocycles. The Morgan fingerprint density at radius 1 is 1.19 bits per heavy atom. The van der Waals surface area contributed by atoms with Gasteiger partial charge in [-0.05, 0) is 42.3 Å². The zero-order valence-electron chi connectivity index (χ0n) is 12.2. The van der Waals surface area contributed by atoms with E-state index in [1.165, 1.54) is 6.92 Å². The molecule has 0 bridgehead atoms. The van der Waals surface area contributed by atoms with Gasteiger partial charge in [0.25, 0.3) is 0 Å². The molecule has 4 heteroatoms. The van der Waals surface area contributed by atoms with Gasteiger partial charge in [-0.2, -0.15) is 0 Å². The summed E-state index contributed by atoms with van der Waals surface area (Å²) in [6.07, 6.45) is 0.256. The van der Waals surface area contributed by atoms with Gasteiger partial charge in [0, 0.05) is 22.4 Å². The smallest absolute Gasteiger partial charge is 0.221 e. The van der Waals surface area contributed by atoms with Crippen LogP contribution < -0.4 is 5.32 Å². The number of benzene rings is 2. The fourth-order valence-corrected chi connectivity index (χ4v) is 3.00. The predicted molar refractivity (Wildman–Crippen MR) is 86.6 cm³/mol. The fraction of sp³-hybridized carbons (Fsp3) is 0.235. The molecule has 0 aliphatic carbocycles. The van der Waals surface area contributed by atoms with Crippen molar-refractivity contribution in [3.63, 3.8) is 0 Å². The van der Waals surface area contributed by atoms with Gasteiger partial charge in [0.1, 0.15) is 0 Å². The minimum Gasteiger partial charge on any atom is -0.388 e. The Labute approximate surface area is 129 Å². The first-order chi connectivity index (χ1) is 10.1. The predicted octanol–water partition coefficient (Wildman–Crippen LogP) is 4.24. The zero-order valence-corrected chi connectivity index (χ0v) is 13.0. The van der Waals surface area contributed by atoms with E-state index in [4.69, 9.17) is 0 Å². The molecule has 2 rings (SSSR count). The maximum atomic E-state index is 11.0. The van der Waals surface area contributed by atoms with Gasteiger partial charge in [0.05, 0.1) is 6.10 Å². The van der Waals surface area contributed by atoms with E-state index >= 15 is 0 Å². The number of aliphatic hydroxyl groups is 1. The van der Waals surface area contributed by atoms with Crippen molar-refractivity contribution in [2.24, 2.45) is 0 Å². The Kier molecular flexibility index (Phi) is 5.42. The third kappa shape index (κ3) is 4.34. The van der Waals surface area contributed by atoms with Gasteiger partial charge in [-0.1, -0.05) is 36.9 Å². The molecular weight excluding hydrogens is 282 g/mol. The quantitative estimate of drug-likeness (QED) is 0.868. The molecule has 0 radical (unpaired) electrons. The largest absolute Gasteiger partial charge is 0.388 e. The Bertz CT molecular complexity index is 610. The van der Waals surface area contributed by atoms with Crippen molar-refractivity contribution in [1.29, 1.82) is 0 Å². The first kappa shape index (κ1) is 15.6. The Hall–Kier alpha value is -1.78. The van der Waals surface area contributed by atoms with Gasteiger partial charge in [0.2, 0.25) is 5.91 Å². The molecule has 1 amide bonds. The third-order valence-corrected chi connectivity index (χ3v) is 4.17. The molecule has 0 spiro atoms. The summed E-state index contributed by atoms with van der Waals surface area (Å²) in [5.41, 5.74) is 1.74. The van der Waals surface area contributed by atoms with Crippen LogP contribution in [0.3, 0.4) is 0 Å². The summed E-state index contributed by atoms with van der Waals surface area (Å²) in [6.45, 7) is 3.46. The van der Waals surface area contributed by atoms with E-state index in [1.807, 2.05) is 55.5 Å². The lowest BCUT2D eigenvalue weighted by atomic mass is 10.1. The number of nitrogens with one attached hydrogen (secondary N) is 1. The van der Waals surface area contributed by atoms with Gasteiger partial charge in [-0.3, -0.25) is 4.79 Å². The monoisotopic (exact) mass is 301 g/mol. The number of rotatable bonds is 5. The normalized spacial score (nSPS) is 12.0. The highest BCUT2D eigenvalue weighted by Crippen LogP contribution is 2.34. The van der Waals surface area contributed by atoms with E-state index in [2.05, 4.69) is 5.32 Å². The summed E-state index contributed by atoms with van der Waals surface area (Å²) in [7, 11) is 0. The summed E-state index contributed by atoms with van der Waals surface area (Å²) in [5, 5.41) is 12.8. The lowest BCUT2D eigenvalue weighted by molar-refractivity contribution is -0.114. The summed E-state index contributed by atoms with van der Waals surface area (Å²) in [5.74, 6) is -0.0770. The van der Waals surface area contributed by atoms with Crippen molar-refractivity contribution in [2.45, 2.75) is 36.2 Å². The van der Waals surface area contributed by atoms with Crippen molar-refractivity contribution in [1.82, 2.24) is 0 Å². The number of hydrogen-bond donors (Lipinski definition) is 2. The molecule has 2 aromatic rings. The van der Waals surface area contributed by atoms with Crippen LogP contribution in [0.1, 0.15) is 31.9 Å². The van der Waals surface area contributed by atoms with Crippen LogP contribution in [0.25, 0.3) is 0 Å². The third-order valence-electron chi connectivity index (χ3n) is 3.07. The second kappa shape index (κ2) is 7.29. The molecule has 0 fully saturated rings. The molecular formula is C17H19NO2S. The van der Waals surface area contributed by atoms with Crippen LogP contribution in [0.15, 0.2) is 58.3 Å². The lowest BCUT2D eigenvalue weighted by Crippen LogP contribution is -2.05. The van der Waals surface area contributed by atoms with Crippen LogP contribution >= 0.6 is 11.8 Å². The van der Waals surface area contributed by atoms with Crippen molar-refractivity contribution in [3.05, 3.63) is 54.1 Å². The van der Waals surface area contributed by atoms with Crippen LogP contribution in [-0.4, -0.2) is 11.0 Å². The van der Waals surface area contributed by atoms with Gasteiger partial charge < -0.3 is 10.4 Å². The minimum absolute atomic E-state index is 0.0770. The second-order valence-corrected chi connectivity index (χ2v) is 5.88. The molecule has 0 aromatic heterocycles. The highest BCUT2D eigenvalue weighted by atomic mass is 32.2. The van der Waals surface area contributed by atoms with Crippen molar-refractivity contribution in [3.8, 4) is 0 Å². The first-order valence-electron chi connectivity index (χ1n) is 6.92. The van der Waals surface area contributed by atoms with Crippen LogP contribution in [0, 0.1) is 0 Å². The molecule has 2 N–H and O–H groups in total. The molecule has 0 saturated carbocycles. The number of hydrogen-bond acceptors (Lipinski definition) is 3. The van der Waals surface area contributed by atoms with E-state index in [0.717, 1.165) is 21.0 Å². The van der Waals surface area contributed by atoms with E-state index in [0.29, 0.717) is 6.42 Å². The Balaban J connectivity index is 2.16. The SMILES string of the molecule is CC[C@@H](O)c1ccccc1Sc1ccc(NC(C)=O)cc1. The van der Waals surface area contributed by atoms with Crippen LogP contribution in [0.4, 0.5) is 5.69 Å². The molecule has 1 atom stereocenters. The van der Waals surface area contributed by atoms with Crippen molar-refractivity contribution < 1.29 is 9.90 Å². The summed E-state index contributed by atoms with van der Waals surface area (Å²) in [6, 6.07) is 15.6. The van der Waals surface area contributed by atoms with Crippen LogP contribution in [0.2, 0.25) is 0 Å². The molecule has 21 heavy (non-hydrogen) atoms. The molecule has 0 aliphatic rings. The molecule has 110 valence electrons. The number of carbonyl (C=O) groups excluding carboxylic acids is 1. The van der Waals surface area contributed by atoms with E-state index in [1.54, 1.807) is 11.8 Å². The summed E-state index contributed by atoms with van der Waals surface area (Å²) < 4.78 is 0. The molecule has 2 aromatic carbocycles. The summed E-state index contributed by atoms with van der Waals surface area (Å²) >= 11 is 1.61. The molecule has 3 nitrogen and oxygen atoms in total. The van der Waals surface area contributed by atoms with Gasteiger partial charge in [-0.15, -0.1) is 0 Å². The Morgan fingerprint density at radius 2 is 1.86 bits per heavy atom. The van der Waals surface area contributed by atoms with Gasteiger partial charge in [0.15, 0.2) is 0 Å². The second-order valence-electron chi connectivity index (χ2n) is 4.77. The van der Waals surface area contributed by atoms with Crippen molar-refractivity contribution >= 4 is 23.4 Å². The number of carbonyl (C=O) groups is 1. The summed E-state index contributed by atoms with van der Waals surface area (Å²) in [4.78, 5) is 13.1. The van der Waals surface area contributed by atoms with Gasteiger partial charge >= 0.3 is 0 Å².